The number of anilines is 2. The van der Waals surface area contributed by atoms with Gasteiger partial charge in [0.25, 0.3) is 11.8 Å². The summed E-state index contributed by atoms with van der Waals surface area (Å²) < 4.78 is 3.70. The van der Waals surface area contributed by atoms with E-state index in [0.717, 1.165) is 9.60 Å². The molecule has 7 nitrogen and oxygen atoms in total. The summed E-state index contributed by atoms with van der Waals surface area (Å²) in [6.45, 7) is 1.49. The fourth-order valence-electron chi connectivity index (χ4n) is 3.79. The van der Waals surface area contributed by atoms with Crippen molar-refractivity contribution >= 4 is 132 Å². The van der Waals surface area contributed by atoms with Gasteiger partial charge in [0.05, 0.1) is 32.8 Å². The number of rotatable bonds is 6. The Morgan fingerprint density at radius 2 is 1.53 bits per heavy atom. The van der Waals surface area contributed by atoms with Crippen molar-refractivity contribution in [3.8, 4) is 0 Å². The number of nitrogens with one attached hydrogen (secondary N) is 1. The number of nitrogens with zero attached hydrogens (tertiary/aromatic N) is 2. The Morgan fingerprint density at radius 3 is 2.11 bits per heavy atom. The second-order valence-electron chi connectivity index (χ2n) is 8.05. The Hall–Kier alpha value is -1.90. The lowest BCUT2D eigenvalue weighted by molar-refractivity contribution is -0.113. The van der Waals surface area contributed by atoms with E-state index in [4.69, 9.17) is 0 Å². The van der Waals surface area contributed by atoms with Crippen molar-refractivity contribution in [2.75, 3.05) is 16.0 Å². The Morgan fingerprint density at radius 1 is 0.921 bits per heavy atom. The molecule has 5 rings (SSSR count). The van der Waals surface area contributed by atoms with E-state index in [1.165, 1.54) is 30.0 Å². The summed E-state index contributed by atoms with van der Waals surface area (Å²) in [5.74, 6) is -0.965. The second kappa shape index (κ2) is 10.9. The van der Waals surface area contributed by atoms with Crippen molar-refractivity contribution in [3.63, 3.8) is 0 Å². The van der Waals surface area contributed by atoms with Crippen molar-refractivity contribution in [2.24, 2.45) is 0 Å². The number of Topliss-reactive ketones (excluding diaryl/α,β-unsaturated/α-hetero) is 1. The highest BCUT2D eigenvalue weighted by atomic mass is 79.9. The van der Waals surface area contributed by atoms with Crippen LogP contribution in [0.5, 0.6) is 0 Å². The SMILES string of the molecule is CC(=O)c1ccc(NC(=O)CSc2nc3ccc(N4C(=O)c5c(Br)c(Br)c(Br)c(Br)c5C4=O)cc3s2)cc1. The number of thioether (sulfide) groups is 1. The molecule has 3 amide bonds. The van der Waals surface area contributed by atoms with Crippen LogP contribution in [0, 0.1) is 0 Å². The van der Waals surface area contributed by atoms with Crippen molar-refractivity contribution in [1.29, 1.82) is 0 Å². The predicted molar refractivity (Wildman–Crippen MR) is 164 cm³/mol. The number of hydrogen-bond donors (Lipinski definition) is 1. The standard InChI is InChI=1S/C25H13Br4N3O4S2/c1-10(33)11-2-4-12(5-3-11)30-16(34)9-37-25-31-14-7-6-13(8-15(14)38-25)32-23(35)17-18(24(32)36)20(27)22(29)21(28)19(17)26/h2-8H,9H2,1H3,(H,30,34). The average Bonchev–Trinajstić information content (AvgIpc) is 3.42. The van der Waals surface area contributed by atoms with E-state index in [0.29, 0.717) is 44.7 Å². The maximum Gasteiger partial charge on any atom is 0.267 e. The Balaban J connectivity index is 1.32. The summed E-state index contributed by atoms with van der Waals surface area (Å²) in [6, 6.07) is 11.9. The number of benzene rings is 3. The first-order valence-corrected chi connectivity index (χ1v) is 15.7. The van der Waals surface area contributed by atoms with Crippen LogP contribution in [0.15, 0.2) is 64.7 Å². The topological polar surface area (TPSA) is 96.4 Å². The van der Waals surface area contributed by atoms with Crippen LogP contribution < -0.4 is 10.2 Å². The van der Waals surface area contributed by atoms with Gasteiger partial charge in [0, 0.05) is 29.1 Å². The van der Waals surface area contributed by atoms with Crippen LogP contribution in [-0.2, 0) is 4.79 Å². The zero-order valence-corrected chi connectivity index (χ0v) is 27.1. The van der Waals surface area contributed by atoms with E-state index in [1.54, 1.807) is 42.5 Å². The number of thiazole rings is 1. The molecule has 0 saturated heterocycles. The fraction of sp³-hybridized carbons (Fsp3) is 0.0800. The third-order valence-electron chi connectivity index (χ3n) is 5.61. The number of ketones is 1. The molecule has 1 N–H and O–H groups in total. The number of carbonyl (C=O) groups is 4. The van der Waals surface area contributed by atoms with Crippen molar-refractivity contribution in [3.05, 3.63) is 77.0 Å². The molecule has 38 heavy (non-hydrogen) atoms. The quantitative estimate of drug-likeness (QED) is 0.0697. The number of amides is 3. The predicted octanol–water partition coefficient (Wildman–Crippen LogP) is 8.08. The van der Waals surface area contributed by atoms with E-state index >= 15 is 0 Å². The van der Waals surface area contributed by atoms with Gasteiger partial charge in [-0.25, -0.2) is 9.88 Å². The minimum absolute atomic E-state index is 0.0395. The molecule has 0 aliphatic carbocycles. The number of hydrogen-bond acceptors (Lipinski definition) is 7. The smallest absolute Gasteiger partial charge is 0.267 e. The Bertz CT molecular complexity index is 1640. The molecule has 0 fully saturated rings. The van der Waals surface area contributed by atoms with Crippen LogP contribution in [0.2, 0.25) is 0 Å². The molecule has 0 bridgehead atoms. The third-order valence-corrected chi connectivity index (χ3v) is 12.5. The van der Waals surface area contributed by atoms with Gasteiger partial charge in [0.2, 0.25) is 5.91 Å². The average molecular weight is 803 g/mol. The molecule has 0 saturated carbocycles. The Labute approximate surface area is 258 Å². The Kier molecular flexibility index (Phi) is 7.96. The van der Waals surface area contributed by atoms with Gasteiger partial charge in [-0.1, -0.05) is 11.8 Å². The zero-order valence-electron chi connectivity index (χ0n) is 19.1. The van der Waals surface area contributed by atoms with Gasteiger partial charge < -0.3 is 5.32 Å². The van der Waals surface area contributed by atoms with E-state index in [2.05, 4.69) is 74.0 Å². The summed E-state index contributed by atoms with van der Waals surface area (Å²) in [7, 11) is 0. The van der Waals surface area contributed by atoms with E-state index < -0.39 is 11.8 Å². The molecule has 3 aromatic carbocycles. The van der Waals surface area contributed by atoms with E-state index in [-0.39, 0.29) is 28.6 Å². The highest BCUT2D eigenvalue weighted by Crippen LogP contribution is 2.46. The van der Waals surface area contributed by atoms with Crippen LogP contribution in [0.25, 0.3) is 10.2 Å². The first kappa shape index (κ1) is 27.7. The first-order chi connectivity index (χ1) is 18.1. The highest BCUT2D eigenvalue weighted by Gasteiger charge is 2.42. The number of aromatic nitrogens is 1. The highest BCUT2D eigenvalue weighted by molar-refractivity contribution is 9.15. The van der Waals surface area contributed by atoms with Crippen LogP contribution >= 0.6 is 86.8 Å². The van der Waals surface area contributed by atoms with Crippen LogP contribution in [0.3, 0.4) is 0 Å². The van der Waals surface area contributed by atoms with Crippen LogP contribution in [0.1, 0.15) is 38.0 Å². The molecule has 1 aliphatic rings. The monoisotopic (exact) mass is 799 g/mol. The number of carbonyl (C=O) groups excluding carboxylic acids is 4. The van der Waals surface area contributed by atoms with E-state index in [9.17, 15) is 19.2 Å². The van der Waals surface area contributed by atoms with Gasteiger partial charge >= 0.3 is 0 Å². The number of halogens is 4. The van der Waals surface area contributed by atoms with Crippen LogP contribution in [0.4, 0.5) is 11.4 Å². The van der Waals surface area contributed by atoms with Crippen LogP contribution in [-0.4, -0.2) is 34.2 Å². The minimum atomic E-state index is -0.433. The molecule has 2 heterocycles. The van der Waals surface area contributed by atoms with Gasteiger partial charge in [-0.05, 0) is 113 Å². The molecular formula is C25H13Br4N3O4S2. The molecule has 192 valence electrons. The molecule has 0 spiro atoms. The molecular weight excluding hydrogens is 790 g/mol. The molecule has 13 heteroatoms. The molecule has 0 radical (unpaired) electrons. The summed E-state index contributed by atoms with van der Waals surface area (Å²) in [5, 5.41) is 2.80. The summed E-state index contributed by atoms with van der Waals surface area (Å²) in [5.41, 5.74) is 2.87. The maximum atomic E-state index is 13.3. The minimum Gasteiger partial charge on any atom is -0.325 e. The first-order valence-electron chi connectivity index (χ1n) is 10.8. The maximum absolute atomic E-state index is 13.3. The van der Waals surface area contributed by atoms with Gasteiger partial charge in [-0.3, -0.25) is 19.2 Å². The third kappa shape index (κ3) is 5.04. The second-order valence-corrected chi connectivity index (χ2v) is 13.5. The molecule has 4 aromatic rings. The summed E-state index contributed by atoms with van der Waals surface area (Å²) >= 11 is 16.4. The normalized spacial score (nSPS) is 12.8. The zero-order chi connectivity index (χ0) is 27.3. The van der Waals surface area contributed by atoms with Gasteiger partial charge in [-0.2, -0.15) is 0 Å². The van der Waals surface area contributed by atoms with Gasteiger partial charge in [0.1, 0.15) is 0 Å². The van der Waals surface area contributed by atoms with Crippen molar-refractivity contribution < 1.29 is 19.2 Å². The largest absolute Gasteiger partial charge is 0.325 e. The molecule has 0 atom stereocenters. The summed E-state index contributed by atoms with van der Waals surface area (Å²) in [4.78, 5) is 56.1. The van der Waals surface area contributed by atoms with Crippen molar-refractivity contribution in [2.45, 2.75) is 11.3 Å². The number of fused-ring (bicyclic) bond motifs is 2. The molecule has 1 aliphatic heterocycles. The fourth-order valence-corrected chi connectivity index (χ4v) is 8.15. The lowest BCUT2D eigenvalue weighted by Crippen LogP contribution is -2.29. The van der Waals surface area contributed by atoms with Gasteiger partial charge in [-0.15, -0.1) is 11.3 Å². The summed E-state index contributed by atoms with van der Waals surface area (Å²) in [6.07, 6.45) is 0. The van der Waals surface area contributed by atoms with Gasteiger partial charge in [0.15, 0.2) is 10.1 Å². The lowest BCUT2D eigenvalue weighted by Gasteiger charge is -2.13. The molecule has 1 aromatic heterocycles. The lowest BCUT2D eigenvalue weighted by atomic mass is 10.1. The number of imide groups is 1. The van der Waals surface area contributed by atoms with Crippen molar-refractivity contribution in [1.82, 2.24) is 4.98 Å². The molecule has 0 unspecified atom stereocenters. The van der Waals surface area contributed by atoms with E-state index in [1.807, 2.05) is 0 Å².